The molecule has 1 aromatic carbocycles. The average Bonchev–Trinajstić information content (AvgIpc) is 3.48. The van der Waals surface area contributed by atoms with Crippen LogP contribution < -0.4 is 9.47 Å². The number of hydrogen-bond donors (Lipinski definition) is 2. The number of pyridine rings is 1. The number of aromatic amines is 1. The number of sulfone groups is 1. The Balaban J connectivity index is 1.64. The van der Waals surface area contributed by atoms with E-state index >= 15 is 0 Å². The van der Waals surface area contributed by atoms with Crippen molar-refractivity contribution in [3.63, 3.8) is 0 Å². The first-order valence-electron chi connectivity index (χ1n) is 10.9. The molecule has 2 atom stereocenters. The Labute approximate surface area is 198 Å². The number of H-pyrrole nitrogens is 1. The van der Waals surface area contributed by atoms with Gasteiger partial charge in [-0.3, -0.25) is 0 Å². The van der Waals surface area contributed by atoms with Gasteiger partial charge < -0.3 is 24.3 Å². The first-order valence-corrected chi connectivity index (χ1v) is 12.8. The quantitative estimate of drug-likeness (QED) is 0.475. The lowest BCUT2D eigenvalue weighted by Gasteiger charge is -2.15. The van der Waals surface area contributed by atoms with Gasteiger partial charge in [0.25, 0.3) is 0 Å². The van der Waals surface area contributed by atoms with Crippen LogP contribution in [0.1, 0.15) is 26.0 Å². The lowest BCUT2D eigenvalue weighted by atomic mass is 10.1. The molecule has 2 aromatic heterocycles. The Morgan fingerprint density at radius 1 is 1.15 bits per heavy atom. The molecule has 0 radical (unpaired) electrons. The lowest BCUT2D eigenvalue weighted by molar-refractivity contribution is 0.129. The molecular weight excluding hydrogens is 458 g/mol. The predicted octanol–water partition coefficient (Wildman–Crippen LogP) is 3.59. The molecule has 1 aliphatic rings. The maximum atomic E-state index is 11.7. The van der Waals surface area contributed by atoms with Gasteiger partial charge in [-0.2, -0.15) is 0 Å². The zero-order chi connectivity index (χ0) is 24.3. The first kappa shape index (κ1) is 23.8. The molecule has 1 aliphatic heterocycles. The molecule has 0 saturated heterocycles. The molecular formula is C24H27N3O6S. The SMILES string of the molecule is CCC1COC(c2ccc(-c3cc(Oc4ccc(S(C)(=O)=O)nc4)cc(O[C@@H](C)CO)c3)[nH]2)=N1. The van der Waals surface area contributed by atoms with E-state index in [0.717, 1.165) is 29.6 Å². The molecule has 180 valence electrons. The molecule has 34 heavy (non-hydrogen) atoms. The normalized spacial score (nSPS) is 16.6. The molecule has 1 unspecified atom stereocenters. The van der Waals surface area contributed by atoms with Gasteiger partial charge in [0.05, 0.1) is 18.8 Å². The second-order valence-electron chi connectivity index (χ2n) is 8.10. The number of nitrogens with one attached hydrogen (secondary N) is 1. The van der Waals surface area contributed by atoms with Gasteiger partial charge in [0.2, 0.25) is 5.90 Å². The summed E-state index contributed by atoms with van der Waals surface area (Å²) in [6.07, 6.45) is 2.96. The number of aliphatic hydroxyl groups excluding tert-OH is 1. The van der Waals surface area contributed by atoms with Crippen molar-refractivity contribution in [1.29, 1.82) is 0 Å². The highest BCUT2D eigenvalue weighted by Crippen LogP contribution is 2.33. The van der Waals surface area contributed by atoms with Crippen molar-refractivity contribution in [1.82, 2.24) is 9.97 Å². The van der Waals surface area contributed by atoms with E-state index in [1.165, 1.54) is 12.3 Å². The van der Waals surface area contributed by atoms with E-state index in [9.17, 15) is 13.5 Å². The van der Waals surface area contributed by atoms with Crippen molar-refractivity contribution in [2.24, 2.45) is 4.99 Å². The summed E-state index contributed by atoms with van der Waals surface area (Å²) in [6, 6.07) is 12.3. The van der Waals surface area contributed by atoms with Crippen LogP contribution in [0.25, 0.3) is 11.3 Å². The summed E-state index contributed by atoms with van der Waals surface area (Å²) in [5.41, 5.74) is 2.37. The minimum absolute atomic E-state index is 0.0318. The van der Waals surface area contributed by atoms with Gasteiger partial charge >= 0.3 is 0 Å². The predicted molar refractivity (Wildman–Crippen MR) is 127 cm³/mol. The van der Waals surface area contributed by atoms with Gasteiger partial charge in [0, 0.05) is 23.6 Å². The van der Waals surface area contributed by atoms with Crippen molar-refractivity contribution >= 4 is 15.7 Å². The van der Waals surface area contributed by atoms with Crippen LogP contribution in [0.4, 0.5) is 0 Å². The van der Waals surface area contributed by atoms with Crippen LogP contribution in [-0.4, -0.2) is 61.0 Å². The van der Waals surface area contributed by atoms with Crippen molar-refractivity contribution < 1.29 is 27.7 Å². The largest absolute Gasteiger partial charge is 0.488 e. The van der Waals surface area contributed by atoms with Gasteiger partial charge in [0.1, 0.15) is 35.7 Å². The summed E-state index contributed by atoms with van der Waals surface area (Å²) in [5, 5.41) is 9.37. The fourth-order valence-electron chi connectivity index (χ4n) is 3.37. The number of ether oxygens (including phenoxy) is 3. The van der Waals surface area contributed by atoms with E-state index in [0.29, 0.717) is 29.8 Å². The summed E-state index contributed by atoms with van der Waals surface area (Å²) in [4.78, 5) is 11.9. The molecule has 0 aliphatic carbocycles. The van der Waals surface area contributed by atoms with Crippen molar-refractivity contribution in [3.8, 4) is 28.5 Å². The van der Waals surface area contributed by atoms with E-state index in [1.54, 1.807) is 19.1 Å². The topological polar surface area (TPSA) is 123 Å². The van der Waals surface area contributed by atoms with Crippen LogP contribution in [0.5, 0.6) is 17.2 Å². The molecule has 0 spiro atoms. The minimum Gasteiger partial charge on any atom is -0.488 e. The summed E-state index contributed by atoms with van der Waals surface area (Å²) in [5.74, 6) is 1.93. The highest BCUT2D eigenvalue weighted by molar-refractivity contribution is 7.90. The zero-order valence-corrected chi connectivity index (χ0v) is 20.0. The van der Waals surface area contributed by atoms with Gasteiger partial charge in [-0.25, -0.2) is 18.4 Å². The van der Waals surface area contributed by atoms with E-state index < -0.39 is 15.9 Å². The fourth-order valence-corrected chi connectivity index (χ4v) is 3.93. The molecule has 9 nitrogen and oxygen atoms in total. The van der Waals surface area contributed by atoms with Crippen molar-refractivity contribution in [2.75, 3.05) is 19.5 Å². The third-order valence-corrected chi connectivity index (χ3v) is 6.21. The highest BCUT2D eigenvalue weighted by atomic mass is 32.2. The summed E-state index contributed by atoms with van der Waals surface area (Å²) < 4.78 is 40.8. The number of aromatic nitrogens is 2. The van der Waals surface area contributed by atoms with Crippen LogP contribution in [0.2, 0.25) is 0 Å². The van der Waals surface area contributed by atoms with E-state index in [1.807, 2.05) is 24.3 Å². The first-order chi connectivity index (χ1) is 16.2. The Hall–Kier alpha value is -3.37. The molecule has 10 heteroatoms. The van der Waals surface area contributed by atoms with Crippen LogP contribution in [0.15, 0.2) is 58.7 Å². The number of hydrogen-bond acceptors (Lipinski definition) is 8. The summed E-state index contributed by atoms with van der Waals surface area (Å²) in [7, 11) is -3.40. The molecule has 3 aromatic rings. The number of rotatable bonds is 9. The zero-order valence-electron chi connectivity index (χ0n) is 19.2. The maximum Gasteiger partial charge on any atom is 0.233 e. The van der Waals surface area contributed by atoms with Crippen LogP contribution in [0, 0.1) is 0 Å². The standard InChI is InChI=1S/C24H27N3O6S/c1-4-17-14-31-24(26-17)22-7-6-21(27-22)16-9-19(32-15(2)13-28)11-20(10-16)33-18-5-8-23(25-12-18)34(3,29)30/h5-12,15,17,27-28H,4,13-14H2,1-3H3/t15-,17?/m0/s1. The van der Waals surface area contributed by atoms with Crippen LogP contribution in [-0.2, 0) is 14.6 Å². The number of aliphatic hydroxyl groups is 1. The van der Waals surface area contributed by atoms with Crippen LogP contribution in [0.3, 0.4) is 0 Å². The smallest absolute Gasteiger partial charge is 0.233 e. The van der Waals surface area contributed by atoms with Crippen molar-refractivity contribution in [2.45, 2.75) is 37.4 Å². The molecule has 2 N–H and O–H groups in total. The van der Waals surface area contributed by atoms with E-state index in [-0.39, 0.29) is 17.7 Å². The summed E-state index contributed by atoms with van der Waals surface area (Å²) >= 11 is 0. The molecule has 0 amide bonds. The second-order valence-corrected chi connectivity index (χ2v) is 10.1. The average molecular weight is 486 g/mol. The van der Waals surface area contributed by atoms with E-state index in [2.05, 4.69) is 21.9 Å². The molecule has 4 rings (SSSR count). The minimum atomic E-state index is -3.40. The lowest BCUT2D eigenvalue weighted by Crippen LogP contribution is -2.16. The summed E-state index contributed by atoms with van der Waals surface area (Å²) in [6.45, 7) is 4.27. The number of nitrogens with zero attached hydrogens (tertiary/aromatic N) is 2. The second kappa shape index (κ2) is 9.86. The van der Waals surface area contributed by atoms with Gasteiger partial charge in [-0.15, -0.1) is 0 Å². The molecule has 3 heterocycles. The number of aliphatic imine (C=N–C) groups is 1. The van der Waals surface area contributed by atoms with Gasteiger partial charge in [-0.05, 0) is 49.7 Å². The highest BCUT2D eigenvalue weighted by Gasteiger charge is 2.20. The third kappa shape index (κ3) is 5.57. The Morgan fingerprint density at radius 3 is 2.56 bits per heavy atom. The molecule has 0 fully saturated rings. The van der Waals surface area contributed by atoms with E-state index in [4.69, 9.17) is 14.2 Å². The van der Waals surface area contributed by atoms with Gasteiger partial charge in [-0.1, -0.05) is 6.92 Å². The Bertz CT molecular complexity index is 1280. The van der Waals surface area contributed by atoms with Crippen LogP contribution >= 0.6 is 0 Å². The monoisotopic (exact) mass is 485 g/mol. The van der Waals surface area contributed by atoms with Crippen molar-refractivity contribution in [3.05, 3.63) is 54.4 Å². The van der Waals surface area contributed by atoms with Gasteiger partial charge in [0.15, 0.2) is 14.9 Å². The Morgan fingerprint density at radius 2 is 1.91 bits per heavy atom. The third-order valence-electron chi connectivity index (χ3n) is 5.21. The molecule has 0 bridgehead atoms. The molecule has 0 saturated carbocycles. The maximum absolute atomic E-state index is 11.7. The number of benzene rings is 1. The Kier molecular flexibility index (Phi) is 6.90. The fraction of sp³-hybridized carbons (Fsp3) is 0.333.